The van der Waals surface area contributed by atoms with Crippen molar-refractivity contribution in [1.82, 2.24) is 4.90 Å². The Hall–Kier alpha value is -1.35. The molecule has 1 aromatic carbocycles. The number of amides is 1. The molecular weight excluding hydrogens is 236 g/mol. The fourth-order valence-corrected chi connectivity index (χ4v) is 2.02. The van der Waals surface area contributed by atoms with E-state index < -0.39 is 0 Å². The average Bonchev–Trinajstić information content (AvgIpc) is 2.33. The van der Waals surface area contributed by atoms with Crippen molar-refractivity contribution in [3.63, 3.8) is 0 Å². The third kappa shape index (κ3) is 4.67. The minimum Gasteiger partial charge on any atom is -0.345 e. The fraction of sp³-hybridized carbons (Fsp3) is 0.562. The molecule has 0 spiro atoms. The molecule has 0 saturated carbocycles. The Balaban J connectivity index is 2.66. The molecule has 19 heavy (non-hydrogen) atoms. The number of carbonyl (C=O) groups is 1. The molecule has 0 aliphatic rings. The lowest BCUT2D eigenvalue weighted by Crippen LogP contribution is -2.40. The highest BCUT2D eigenvalue weighted by Gasteiger charge is 2.21. The Kier molecular flexibility index (Phi) is 5.12. The largest absolute Gasteiger partial charge is 0.345 e. The second kappa shape index (κ2) is 6.20. The maximum absolute atomic E-state index is 12.2. The predicted molar refractivity (Wildman–Crippen MR) is 80.1 cm³/mol. The first-order chi connectivity index (χ1) is 8.75. The Bertz CT molecular complexity index is 452. The number of carbonyl (C=O) groups excluding carboxylic acids is 1. The van der Waals surface area contributed by atoms with Gasteiger partial charge in [-0.3, -0.25) is 4.79 Å². The predicted octanol–water partition coefficient (Wildman–Crippen LogP) is 2.29. The summed E-state index contributed by atoms with van der Waals surface area (Å²) in [5.74, 6) is 0.143. The zero-order valence-electron chi connectivity index (χ0n) is 12.8. The molecule has 0 aromatic heterocycles. The molecule has 2 N–H and O–H groups in total. The topological polar surface area (TPSA) is 46.3 Å². The first-order valence-electron chi connectivity index (χ1n) is 6.75. The summed E-state index contributed by atoms with van der Waals surface area (Å²) >= 11 is 0. The smallest absolute Gasteiger partial charge is 0.226 e. The molecule has 106 valence electrons. The maximum Gasteiger partial charge on any atom is 0.226 e. The number of rotatable bonds is 5. The summed E-state index contributed by atoms with van der Waals surface area (Å²) in [7, 11) is 1.85. The summed E-state index contributed by atoms with van der Waals surface area (Å²) in [6.45, 7) is 9.57. The zero-order chi connectivity index (χ0) is 14.6. The van der Waals surface area contributed by atoms with Gasteiger partial charge < -0.3 is 10.6 Å². The minimum absolute atomic E-state index is 0.0341. The van der Waals surface area contributed by atoms with Gasteiger partial charge in [0.25, 0.3) is 0 Å². The van der Waals surface area contributed by atoms with Crippen LogP contribution in [-0.2, 0) is 11.2 Å². The number of likely N-dealkylation sites (N-methyl/N-ethyl adjacent to an activating group) is 1. The van der Waals surface area contributed by atoms with Crippen molar-refractivity contribution < 1.29 is 4.79 Å². The van der Waals surface area contributed by atoms with Crippen molar-refractivity contribution in [2.45, 2.75) is 34.1 Å². The van der Waals surface area contributed by atoms with Gasteiger partial charge in [-0.05, 0) is 42.5 Å². The van der Waals surface area contributed by atoms with Crippen molar-refractivity contribution >= 4 is 5.91 Å². The SMILES string of the molecule is Cc1ccc(CC(=O)N(C)CC(C)(C)CN)cc1C. The van der Waals surface area contributed by atoms with E-state index >= 15 is 0 Å². The highest BCUT2D eigenvalue weighted by Crippen LogP contribution is 2.15. The maximum atomic E-state index is 12.2. The molecule has 0 radical (unpaired) electrons. The molecule has 0 heterocycles. The molecule has 1 amide bonds. The van der Waals surface area contributed by atoms with Gasteiger partial charge >= 0.3 is 0 Å². The Morgan fingerprint density at radius 3 is 2.42 bits per heavy atom. The van der Waals surface area contributed by atoms with Crippen LogP contribution >= 0.6 is 0 Å². The lowest BCUT2D eigenvalue weighted by Gasteiger charge is -2.29. The fourth-order valence-electron chi connectivity index (χ4n) is 2.02. The van der Waals surface area contributed by atoms with Crippen LogP contribution in [0.1, 0.15) is 30.5 Å². The highest BCUT2D eigenvalue weighted by atomic mass is 16.2. The summed E-state index contributed by atoms with van der Waals surface area (Å²) < 4.78 is 0. The first kappa shape index (κ1) is 15.7. The van der Waals surface area contributed by atoms with Gasteiger partial charge in [0.2, 0.25) is 5.91 Å². The van der Waals surface area contributed by atoms with Crippen LogP contribution in [0.4, 0.5) is 0 Å². The normalized spacial score (nSPS) is 11.5. The molecule has 3 heteroatoms. The standard InChI is InChI=1S/C16H26N2O/c1-12-6-7-14(8-13(12)2)9-15(19)18(5)11-16(3,4)10-17/h6-8H,9-11,17H2,1-5H3. The van der Waals surface area contributed by atoms with Crippen molar-refractivity contribution in [3.05, 3.63) is 34.9 Å². The van der Waals surface area contributed by atoms with Gasteiger partial charge in [-0.1, -0.05) is 32.0 Å². The van der Waals surface area contributed by atoms with E-state index in [2.05, 4.69) is 39.8 Å². The number of benzene rings is 1. The van der Waals surface area contributed by atoms with E-state index in [0.717, 1.165) is 5.56 Å². The van der Waals surface area contributed by atoms with Gasteiger partial charge in [-0.2, -0.15) is 0 Å². The third-order valence-corrected chi connectivity index (χ3v) is 3.57. The van der Waals surface area contributed by atoms with E-state index in [1.54, 1.807) is 4.90 Å². The van der Waals surface area contributed by atoms with Crippen LogP contribution in [-0.4, -0.2) is 30.9 Å². The van der Waals surface area contributed by atoms with Gasteiger partial charge in [0.1, 0.15) is 0 Å². The van der Waals surface area contributed by atoms with Crippen molar-refractivity contribution in [1.29, 1.82) is 0 Å². The molecule has 0 aliphatic heterocycles. The van der Waals surface area contributed by atoms with E-state index in [9.17, 15) is 4.79 Å². The van der Waals surface area contributed by atoms with Gasteiger partial charge in [0.05, 0.1) is 6.42 Å². The van der Waals surface area contributed by atoms with E-state index in [-0.39, 0.29) is 11.3 Å². The number of nitrogens with two attached hydrogens (primary N) is 1. The van der Waals surface area contributed by atoms with Crippen LogP contribution in [0.5, 0.6) is 0 Å². The zero-order valence-corrected chi connectivity index (χ0v) is 12.8. The summed E-state index contributed by atoms with van der Waals surface area (Å²) in [5.41, 5.74) is 9.24. The van der Waals surface area contributed by atoms with Gasteiger partial charge in [-0.15, -0.1) is 0 Å². The molecule has 3 nitrogen and oxygen atoms in total. The van der Waals surface area contributed by atoms with E-state index in [0.29, 0.717) is 19.5 Å². The van der Waals surface area contributed by atoms with Gasteiger partial charge in [0, 0.05) is 13.6 Å². The van der Waals surface area contributed by atoms with Crippen LogP contribution in [0, 0.1) is 19.3 Å². The monoisotopic (exact) mass is 262 g/mol. The number of hydrogen-bond donors (Lipinski definition) is 1. The molecule has 0 bridgehead atoms. The Morgan fingerprint density at radius 1 is 1.26 bits per heavy atom. The third-order valence-electron chi connectivity index (χ3n) is 3.57. The van der Waals surface area contributed by atoms with Crippen LogP contribution in [0.25, 0.3) is 0 Å². The Morgan fingerprint density at radius 2 is 1.89 bits per heavy atom. The first-order valence-corrected chi connectivity index (χ1v) is 6.75. The number of hydrogen-bond acceptors (Lipinski definition) is 2. The summed E-state index contributed by atoms with van der Waals surface area (Å²) in [6, 6.07) is 6.19. The van der Waals surface area contributed by atoms with Crippen molar-refractivity contribution in [2.24, 2.45) is 11.1 Å². The number of nitrogens with zero attached hydrogens (tertiary/aromatic N) is 1. The lowest BCUT2D eigenvalue weighted by molar-refractivity contribution is -0.130. The molecule has 0 atom stereocenters. The molecule has 0 saturated heterocycles. The van der Waals surface area contributed by atoms with E-state index in [1.807, 2.05) is 13.1 Å². The van der Waals surface area contributed by atoms with Gasteiger partial charge in [-0.25, -0.2) is 0 Å². The number of aryl methyl sites for hydroxylation is 2. The van der Waals surface area contributed by atoms with Crippen molar-refractivity contribution in [3.8, 4) is 0 Å². The second-order valence-corrected chi connectivity index (χ2v) is 6.21. The summed E-state index contributed by atoms with van der Waals surface area (Å²) in [5, 5.41) is 0. The second-order valence-electron chi connectivity index (χ2n) is 6.21. The average molecular weight is 262 g/mol. The lowest BCUT2D eigenvalue weighted by atomic mass is 9.93. The van der Waals surface area contributed by atoms with Crippen LogP contribution in [0.3, 0.4) is 0 Å². The summed E-state index contributed by atoms with van der Waals surface area (Å²) in [4.78, 5) is 14.0. The molecule has 1 rings (SSSR count). The molecule has 1 aromatic rings. The quantitative estimate of drug-likeness (QED) is 0.885. The van der Waals surface area contributed by atoms with Crippen LogP contribution in [0.15, 0.2) is 18.2 Å². The highest BCUT2D eigenvalue weighted by molar-refractivity contribution is 5.78. The molecular formula is C16H26N2O. The molecule has 0 fully saturated rings. The minimum atomic E-state index is -0.0341. The van der Waals surface area contributed by atoms with Crippen molar-refractivity contribution in [2.75, 3.05) is 20.1 Å². The van der Waals surface area contributed by atoms with E-state index in [4.69, 9.17) is 5.73 Å². The molecule has 0 aliphatic carbocycles. The van der Waals surface area contributed by atoms with E-state index in [1.165, 1.54) is 11.1 Å². The molecule has 0 unspecified atom stereocenters. The Labute approximate surface area is 116 Å². The summed E-state index contributed by atoms with van der Waals surface area (Å²) in [6.07, 6.45) is 0.457. The van der Waals surface area contributed by atoms with Gasteiger partial charge in [0.15, 0.2) is 0 Å². The van der Waals surface area contributed by atoms with Crippen LogP contribution < -0.4 is 5.73 Å². The van der Waals surface area contributed by atoms with Crippen LogP contribution in [0.2, 0.25) is 0 Å².